The van der Waals surface area contributed by atoms with Gasteiger partial charge in [0.2, 0.25) is 5.91 Å². The maximum absolute atomic E-state index is 13.6. The fourth-order valence-corrected chi connectivity index (χ4v) is 5.26. The minimum absolute atomic E-state index is 0.202. The highest BCUT2D eigenvalue weighted by atomic mass is 32.2. The number of hydrogen-bond donors (Lipinski definition) is 1. The zero-order valence-corrected chi connectivity index (χ0v) is 19.6. The van der Waals surface area contributed by atoms with Crippen LogP contribution < -0.4 is 0 Å². The molecule has 1 aliphatic heterocycles. The standard InChI is InChI=1S/C25H30N2O5S/c1-2-32-25(31)26(15-9-12-19-10-5-3-6-11-19)22-18-33-17-21(20-13-7-4-8-14-20)27(24(22)30)16-23(28)29/h3-8,10-11,13-14,21-22H,2,9,12,15-18H2,1H3,(H,28,29). The van der Waals surface area contributed by atoms with Crippen molar-refractivity contribution in [3.8, 4) is 0 Å². The van der Waals surface area contributed by atoms with Gasteiger partial charge in [-0.15, -0.1) is 0 Å². The number of rotatable bonds is 9. The van der Waals surface area contributed by atoms with Gasteiger partial charge in [0.05, 0.1) is 12.6 Å². The predicted octanol–water partition coefficient (Wildman–Crippen LogP) is 3.85. The van der Waals surface area contributed by atoms with Gasteiger partial charge in [0.25, 0.3) is 0 Å². The summed E-state index contributed by atoms with van der Waals surface area (Å²) in [5.41, 5.74) is 2.03. The first kappa shape index (κ1) is 24.6. The molecule has 2 aromatic rings. The molecule has 1 N–H and O–H groups in total. The number of carboxylic acids is 1. The molecule has 2 aromatic carbocycles. The summed E-state index contributed by atoms with van der Waals surface area (Å²) >= 11 is 1.55. The molecular formula is C25H30N2O5S. The van der Waals surface area contributed by atoms with E-state index in [1.54, 1.807) is 18.7 Å². The van der Waals surface area contributed by atoms with Crippen LogP contribution in [0.15, 0.2) is 60.7 Å². The van der Waals surface area contributed by atoms with Crippen molar-refractivity contribution in [3.05, 3.63) is 71.8 Å². The van der Waals surface area contributed by atoms with Gasteiger partial charge in [-0.1, -0.05) is 60.7 Å². The summed E-state index contributed by atoms with van der Waals surface area (Å²) in [5.74, 6) is -0.492. The Morgan fingerprint density at radius 2 is 1.76 bits per heavy atom. The monoisotopic (exact) mass is 470 g/mol. The Labute approximate surface area is 198 Å². The van der Waals surface area contributed by atoms with Gasteiger partial charge in [0.15, 0.2) is 0 Å². The second kappa shape index (κ2) is 12.3. The Hall–Kier alpha value is -3.00. The van der Waals surface area contributed by atoms with E-state index in [1.807, 2.05) is 60.7 Å². The quantitative estimate of drug-likeness (QED) is 0.599. The number of amides is 2. The van der Waals surface area contributed by atoms with Crippen LogP contribution in [-0.4, -0.2) is 70.1 Å². The molecule has 8 heteroatoms. The molecule has 0 aliphatic carbocycles. The molecule has 0 aromatic heterocycles. The number of carbonyl (C=O) groups excluding carboxylic acids is 2. The number of aryl methyl sites for hydroxylation is 1. The number of carboxylic acid groups (broad SMARTS) is 1. The summed E-state index contributed by atoms with van der Waals surface area (Å²) in [6.07, 6.45) is 0.882. The van der Waals surface area contributed by atoms with Crippen LogP contribution in [0.1, 0.15) is 30.5 Å². The summed E-state index contributed by atoms with van der Waals surface area (Å²) < 4.78 is 5.27. The molecule has 0 radical (unpaired) electrons. The van der Waals surface area contributed by atoms with Gasteiger partial charge in [-0.25, -0.2) is 4.79 Å². The Bertz CT molecular complexity index is 925. The minimum atomic E-state index is -1.08. The summed E-state index contributed by atoms with van der Waals surface area (Å²) in [6.45, 7) is 1.86. The molecule has 176 valence electrons. The molecule has 1 heterocycles. The van der Waals surface area contributed by atoms with E-state index < -0.39 is 24.6 Å². The van der Waals surface area contributed by atoms with E-state index in [2.05, 4.69) is 0 Å². The molecule has 7 nitrogen and oxygen atoms in total. The largest absolute Gasteiger partial charge is 0.480 e. The maximum Gasteiger partial charge on any atom is 0.410 e. The Balaban J connectivity index is 1.82. The Morgan fingerprint density at radius 1 is 1.09 bits per heavy atom. The lowest BCUT2D eigenvalue weighted by atomic mass is 10.1. The number of benzene rings is 2. The van der Waals surface area contributed by atoms with Crippen LogP contribution >= 0.6 is 11.8 Å². The van der Waals surface area contributed by atoms with E-state index in [0.29, 0.717) is 24.5 Å². The highest BCUT2D eigenvalue weighted by Gasteiger charge is 2.40. The van der Waals surface area contributed by atoms with Crippen molar-refractivity contribution in [1.29, 1.82) is 0 Å². The van der Waals surface area contributed by atoms with E-state index in [1.165, 1.54) is 9.80 Å². The maximum atomic E-state index is 13.6. The van der Waals surface area contributed by atoms with Crippen LogP contribution in [0.2, 0.25) is 0 Å². The molecule has 2 atom stereocenters. The number of carbonyl (C=O) groups is 3. The van der Waals surface area contributed by atoms with Crippen LogP contribution in [0, 0.1) is 0 Å². The van der Waals surface area contributed by atoms with Gasteiger partial charge in [0, 0.05) is 18.1 Å². The van der Waals surface area contributed by atoms with Gasteiger partial charge in [-0.3, -0.25) is 14.5 Å². The third-order valence-corrected chi connectivity index (χ3v) is 6.67. The van der Waals surface area contributed by atoms with Crippen molar-refractivity contribution in [1.82, 2.24) is 9.80 Å². The van der Waals surface area contributed by atoms with Gasteiger partial charge in [-0.2, -0.15) is 11.8 Å². The SMILES string of the molecule is CCOC(=O)N(CCCc1ccccc1)C1CSCC(c2ccccc2)N(CC(=O)O)C1=O. The molecule has 1 saturated heterocycles. The molecule has 2 amide bonds. The lowest BCUT2D eigenvalue weighted by molar-refractivity contribution is -0.148. The number of ether oxygens (including phenoxy) is 1. The highest BCUT2D eigenvalue weighted by molar-refractivity contribution is 7.99. The first-order valence-corrected chi connectivity index (χ1v) is 12.3. The normalized spacial score (nSPS) is 18.5. The zero-order chi connectivity index (χ0) is 23.6. The van der Waals surface area contributed by atoms with Crippen LogP contribution in [0.4, 0.5) is 4.79 Å². The first-order valence-electron chi connectivity index (χ1n) is 11.1. The van der Waals surface area contributed by atoms with E-state index in [-0.39, 0.29) is 18.6 Å². The average Bonchev–Trinajstić information content (AvgIpc) is 2.97. The molecule has 33 heavy (non-hydrogen) atoms. The molecule has 1 fully saturated rings. The molecule has 0 spiro atoms. The molecule has 1 aliphatic rings. The van der Waals surface area contributed by atoms with Crippen LogP contribution in [0.3, 0.4) is 0 Å². The third-order valence-electron chi connectivity index (χ3n) is 5.57. The van der Waals surface area contributed by atoms with E-state index in [9.17, 15) is 19.5 Å². The lowest BCUT2D eigenvalue weighted by Crippen LogP contribution is -2.53. The molecule has 0 bridgehead atoms. The number of hydrogen-bond acceptors (Lipinski definition) is 5. The van der Waals surface area contributed by atoms with Gasteiger partial charge >= 0.3 is 12.1 Å². The van der Waals surface area contributed by atoms with Gasteiger partial charge < -0.3 is 14.7 Å². The lowest BCUT2D eigenvalue weighted by Gasteiger charge is -2.34. The van der Waals surface area contributed by atoms with Crippen molar-refractivity contribution in [2.75, 3.05) is 31.2 Å². The summed E-state index contributed by atoms with van der Waals surface area (Å²) in [6, 6.07) is 18.2. The second-order valence-corrected chi connectivity index (χ2v) is 8.90. The average molecular weight is 471 g/mol. The van der Waals surface area contributed by atoms with Gasteiger partial charge in [0.1, 0.15) is 12.6 Å². The number of nitrogens with zero attached hydrogens (tertiary/aromatic N) is 2. The van der Waals surface area contributed by atoms with Crippen molar-refractivity contribution >= 4 is 29.7 Å². The minimum Gasteiger partial charge on any atom is -0.480 e. The number of thioether (sulfide) groups is 1. The molecule has 0 saturated carbocycles. The molecular weight excluding hydrogens is 440 g/mol. The first-order chi connectivity index (χ1) is 16.0. The van der Waals surface area contributed by atoms with E-state index >= 15 is 0 Å². The smallest absolute Gasteiger partial charge is 0.410 e. The third kappa shape index (κ3) is 6.74. The predicted molar refractivity (Wildman–Crippen MR) is 128 cm³/mol. The van der Waals surface area contributed by atoms with Crippen molar-refractivity contribution in [2.24, 2.45) is 0 Å². The van der Waals surface area contributed by atoms with Crippen LogP contribution in [0.5, 0.6) is 0 Å². The molecule has 3 rings (SSSR count). The zero-order valence-electron chi connectivity index (χ0n) is 18.8. The van der Waals surface area contributed by atoms with Crippen molar-refractivity contribution < 1.29 is 24.2 Å². The van der Waals surface area contributed by atoms with Crippen molar-refractivity contribution in [3.63, 3.8) is 0 Å². The highest BCUT2D eigenvalue weighted by Crippen LogP contribution is 2.31. The van der Waals surface area contributed by atoms with Crippen LogP contribution in [-0.2, 0) is 20.7 Å². The number of aliphatic carboxylic acids is 1. The van der Waals surface area contributed by atoms with E-state index in [0.717, 1.165) is 17.5 Å². The summed E-state index contributed by atoms with van der Waals surface area (Å²) in [7, 11) is 0. The fourth-order valence-electron chi connectivity index (χ4n) is 3.98. The van der Waals surface area contributed by atoms with Crippen LogP contribution in [0.25, 0.3) is 0 Å². The summed E-state index contributed by atoms with van der Waals surface area (Å²) in [4.78, 5) is 41.0. The molecule has 2 unspecified atom stereocenters. The van der Waals surface area contributed by atoms with Crippen molar-refractivity contribution in [2.45, 2.75) is 31.8 Å². The Morgan fingerprint density at radius 3 is 2.39 bits per heavy atom. The fraction of sp³-hybridized carbons (Fsp3) is 0.400. The van der Waals surface area contributed by atoms with E-state index in [4.69, 9.17) is 4.74 Å². The van der Waals surface area contributed by atoms with Gasteiger partial charge in [-0.05, 0) is 30.9 Å². The summed E-state index contributed by atoms with van der Waals surface area (Å²) in [5, 5.41) is 9.52. The topological polar surface area (TPSA) is 87.2 Å². The second-order valence-electron chi connectivity index (χ2n) is 7.82. The Kier molecular flexibility index (Phi) is 9.18.